The molecule has 5 heterocycles. The summed E-state index contributed by atoms with van der Waals surface area (Å²) in [5.41, 5.74) is 7.55. The van der Waals surface area contributed by atoms with E-state index in [-0.39, 0.29) is 5.91 Å². The standard InChI is InChI=1S/C27H22N8O/c1-2-3-23(36)31-19-12-18(14-29-15-19)17-4-5-22-21(13-17)25(35-34-22)27-32-24-20(8-11-30-26(24)33-27)16-6-9-28-10-7-16/h4-15H,2-3H2,1H3,(H,31,36)(H,34,35)(H,30,32,33). The number of nitrogens with one attached hydrogen (secondary N) is 3. The number of pyridine rings is 3. The van der Waals surface area contributed by atoms with Crippen molar-refractivity contribution in [2.45, 2.75) is 19.8 Å². The van der Waals surface area contributed by atoms with E-state index in [0.717, 1.165) is 45.1 Å². The van der Waals surface area contributed by atoms with Crippen LogP contribution in [0.15, 0.2) is 73.4 Å². The Morgan fingerprint density at radius 1 is 0.944 bits per heavy atom. The van der Waals surface area contributed by atoms with Gasteiger partial charge in [0.05, 0.1) is 17.4 Å². The van der Waals surface area contributed by atoms with Crippen LogP contribution >= 0.6 is 0 Å². The highest BCUT2D eigenvalue weighted by Crippen LogP contribution is 2.32. The fraction of sp³-hybridized carbons (Fsp3) is 0.111. The van der Waals surface area contributed by atoms with Crippen molar-refractivity contribution in [3.63, 3.8) is 0 Å². The minimum Gasteiger partial charge on any atom is -0.325 e. The highest BCUT2D eigenvalue weighted by Gasteiger charge is 2.16. The van der Waals surface area contributed by atoms with E-state index in [1.807, 2.05) is 49.4 Å². The second kappa shape index (κ2) is 9.03. The van der Waals surface area contributed by atoms with Crippen molar-refractivity contribution in [1.29, 1.82) is 0 Å². The van der Waals surface area contributed by atoms with Crippen molar-refractivity contribution in [2.75, 3.05) is 5.32 Å². The van der Waals surface area contributed by atoms with Gasteiger partial charge in [0.15, 0.2) is 11.5 Å². The van der Waals surface area contributed by atoms with Crippen molar-refractivity contribution >= 4 is 33.7 Å². The van der Waals surface area contributed by atoms with Gasteiger partial charge in [0.2, 0.25) is 5.91 Å². The summed E-state index contributed by atoms with van der Waals surface area (Å²) in [6.45, 7) is 1.98. The molecule has 3 N–H and O–H groups in total. The lowest BCUT2D eigenvalue weighted by Gasteiger charge is -2.07. The zero-order valence-corrected chi connectivity index (χ0v) is 19.5. The summed E-state index contributed by atoms with van der Waals surface area (Å²) in [6.07, 6.45) is 9.99. The van der Waals surface area contributed by atoms with Gasteiger partial charge >= 0.3 is 0 Å². The summed E-state index contributed by atoms with van der Waals surface area (Å²) >= 11 is 0. The summed E-state index contributed by atoms with van der Waals surface area (Å²) in [5.74, 6) is 0.606. The van der Waals surface area contributed by atoms with E-state index in [1.54, 1.807) is 31.0 Å². The molecule has 1 amide bonds. The van der Waals surface area contributed by atoms with E-state index in [9.17, 15) is 4.79 Å². The molecule has 176 valence electrons. The lowest BCUT2D eigenvalue weighted by Crippen LogP contribution is -2.10. The molecule has 5 aromatic heterocycles. The quantitative estimate of drug-likeness (QED) is 0.298. The maximum Gasteiger partial charge on any atom is 0.224 e. The Morgan fingerprint density at radius 3 is 2.69 bits per heavy atom. The highest BCUT2D eigenvalue weighted by atomic mass is 16.1. The van der Waals surface area contributed by atoms with Crippen molar-refractivity contribution in [2.24, 2.45) is 0 Å². The van der Waals surface area contributed by atoms with Gasteiger partial charge in [-0.05, 0) is 53.9 Å². The van der Waals surface area contributed by atoms with E-state index in [1.165, 1.54) is 0 Å². The van der Waals surface area contributed by atoms with E-state index >= 15 is 0 Å². The maximum absolute atomic E-state index is 12.0. The lowest BCUT2D eigenvalue weighted by atomic mass is 10.0. The number of H-pyrrole nitrogens is 2. The van der Waals surface area contributed by atoms with Crippen molar-refractivity contribution in [3.8, 4) is 33.8 Å². The molecule has 0 aliphatic carbocycles. The van der Waals surface area contributed by atoms with Crippen LogP contribution < -0.4 is 5.32 Å². The summed E-state index contributed by atoms with van der Waals surface area (Å²) in [4.78, 5) is 33.1. The average Bonchev–Trinajstić information content (AvgIpc) is 3.53. The van der Waals surface area contributed by atoms with Crippen LogP contribution in [0.5, 0.6) is 0 Å². The molecule has 0 bridgehead atoms. The van der Waals surface area contributed by atoms with Gasteiger partial charge in [-0.25, -0.2) is 9.97 Å². The van der Waals surface area contributed by atoms with Gasteiger partial charge < -0.3 is 10.3 Å². The van der Waals surface area contributed by atoms with Crippen LogP contribution in [0.25, 0.3) is 55.8 Å². The summed E-state index contributed by atoms with van der Waals surface area (Å²) in [7, 11) is 0. The first-order chi connectivity index (χ1) is 17.7. The Morgan fingerprint density at radius 2 is 1.83 bits per heavy atom. The number of fused-ring (bicyclic) bond motifs is 2. The number of aromatic amines is 2. The monoisotopic (exact) mass is 474 g/mol. The minimum absolute atomic E-state index is 0.0198. The van der Waals surface area contributed by atoms with Crippen LogP contribution in [0.2, 0.25) is 0 Å². The summed E-state index contributed by atoms with van der Waals surface area (Å²) < 4.78 is 0. The number of rotatable bonds is 6. The second-order valence-corrected chi connectivity index (χ2v) is 8.47. The zero-order valence-electron chi connectivity index (χ0n) is 19.5. The molecule has 0 aliphatic rings. The molecule has 0 atom stereocenters. The fourth-order valence-corrected chi connectivity index (χ4v) is 4.28. The molecule has 6 rings (SSSR count). The number of hydrogen-bond acceptors (Lipinski definition) is 6. The van der Waals surface area contributed by atoms with E-state index in [0.29, 0.717) is 29.3 Å². The third-order valence-electron chi connectivity index (χ3n) is 6.00. The third-order valence-corrected chi connectivity index (χ3v) is 6.00. The number of aromatic nitrogens is 7. The van der Waals surface area contributed by atoms with Crippen LogP contribution in [0.4, 0.5) is 5.69 Å². The molecule has 0 fully saturated rings. The molecule has 9 heteroatoms. The number of anilines is 1. The molecule has 36 heavy (non-hydrogen) atoms. The smallest absolute Gasteiger partial charge is 0.224 e. The third kappa shape index (κ3) is 3.96. The molecule has 0 saturated heterocycles. The molecule has 6 aromatic rings. The highest BCUT2D eigenvalue weighted by molar-refractivity contribution is 5.97. The minimum atomic E-state index is -0.0198. The fourth-order valence-electron chi connectivity index (χ4n) is 4.28. The topological polar surface area (TPSA) is 125 Å². The van der Waals surface area contributed by atoms with Gasteiger partial charge in [0, 0.05) is 47.7 Å². The molecular formula is C27H22N8O. The van der Waals surface area contributed by atoms with E-state index in [4.69, 9.17) is 4.98 Å². The number of benzene rings is 1. The Bertz CT molecular complexity index is 1700. The molecule has 0 spiro atoms. The molecule has 0 unspecified atom stereocenters. The van der Waals surface area contributed by atoms with Crippen LogP contribution in [0.1, 0.15) is 19.8 Å². The van der Waals surface area contributed by atoms with Gasteiger partial charge in [0.25, 0.3) is 0 Å². The van der Waals surface area contributed by atoms with Gasteiger partial charge in [-0.1, -0.05) is 13.0 Å². The second-order valence-electron chi connectivity index (χ2n) is 8.47. The van der Waals surface area contributed by atoms with Crippen molar-refractivity contribution < 1.29 is 4.79 Å². The Hall–Kier alpha value is -4.92. The Balaban J connectivity index is 1.40. The van der Waals surface area contributed by atoms with Crippen molar-refractivity contribution in [3.05, 3.63) is 73.4 Å². The number of imidazole rings is 1. The normalized spacial score (nSPS) is 11.2. The molecule has 1 aromatic carbocycles. The lowest BCUT2D eigenvalue weighted by molar-refractivity contribution is -0.116. The molecule has 0 radical (unpaired) electrons. The number of carbonyl (C=O) groups excluding carboxylic acids is 1. The van der Waals surface area contributed by atoms with Gasteiger partial charge in [-0.2, -0.15) is 5.10 Å². The summed E-state index contributed by atoms with van der Waals surface area (Å²) in [5, 5.41) is 11.5. The molecule has 9 nitrogen and oxygen atoms in total. The van der Waals surface area contributed by atoms with E-state index < -0.39 is 0 Å². The van der Waals surface area contributed by atoms with Gasteiger partial charge in [-0.3, -0.25) is 19.9 Å². The first-order valence-electron chi connectivity index (χ1n) is 11.7. The van der Waals surface area contributed by atoms with Crippen LogP contribution in [0, 0.1) is 0 Å². The number of carbonyl (C=O) groups is 1. The van der Waals surface area contributed by atoms with Gasteiger partial charge in [0.1, 0.15) is 11.2 Å². The molecule has 0 aliphatic heterocycles. The molecular weight excluding hydrogens is 452 g/mol. The van der Waals surface area contributed by atoms with Crippen molar-refractivity contribution in [1.82, 2.24) is 35.1 Å². The predicted octanol–water partition coefficient (Wildman–Crippen LogP) is 5.36. The predicted molar refractivity (Wildman–Crippen MR) is 139 cm³/mol. The number of amides is 1. The van der Waals surface area contributed by atoms with E-state index in [2.05, 4.69) is 35.5 Å². The Kier molecular flexibility index (Phi) is 5.42. The summed E-state index contributed by atoms with van der Waals surface area (Å²) in [6, 6.07) is 13.8. The SMILES string of the molecule is CCCC(=O)Nc1cncc(-c2ccc3[nH]nc(-c4nc5c(-c6ccncc6)ccnc5[nH]4)c3c2)c1. The van der Waals surface area contributed by atoms with Crippen LogP contribution in [-0.4, -0.2) is 41.0 Å². The Labute approximate surface area is 206 Å². The number of hydrogen-bond donors (Lipinski definition) is 3. The maximum atomic E-state index is 12.0. The first kappa shape index (κ1) is 21.6. The van der Waals surface area contributed by atoms with Crippen LogP contribution in [0.3, 0.4) is 0 Å². The largest absolute Gasteiger partial charge is 0.325 e. The molecule has 0 saturated carbocycles. The van der Waals surface area contributed by atoms with Crippen LogP contribution in [-0.2, 0) is 4.79 Å². The van der Waals surface area contributed by atoms with Gasteiger partial charge in [-0.15, -0.1) is 0 Å². The first-order valence-corrected chi connectivity index (χ1v) is 11.7. The number of nitrogens with zero attached hydrogens (tertiary/aromatic N) is 5. The average molecular weight is 475 g/mol. The zero-order chi connectivity index (χ0) is 24.5.